The Morgan fingerprint density at radius 3 is 2.53 bits per heavy atom. The summed E-state index contributed by atoms with van der Waals surface area (Å²) in [6, 6.07) is 15.8. The van der Waals surface area contributed by atoms with Gasteiger partial charge >= 0.3 is 6.09 Å². The number of nitrogens with zero attached hydrogens (tertiary/aromatic N) is 2. The average molecular weight is 464 g/mol. The fourth-order valence-corrected chi connectivity index (χ4v) is 4.84. The molecule has 2 heterocycles. The van der Waals surface area contributed by atoms with Gasteiger partial charge in [0, 0.05) is 31.7 Å². The Morgan fingerprint density at radius 1 is 1.09 bits per heavy atom. The number of aryl methyl sites for hydroxylation is 1. The number of nitrogens with one attached hydrogen (secondary N) is 1. The number of rotatable bonds is 7. The van der Waals surface area contributed by atoms with E-state index in [-0.39, 0.29) is 30.0 Å². The molecule has 0 aromatic heterocycles. The molecule has 2 aromatic carbocycles. The molecule has 2 aliphatic heterocycles. The molecule has 4 rings (SSSR count). The second-order valence-corrected chi connectivity index (χ2v) is 9.09. The van der Waals surface area contributed by atoms with Crippen molar-refractivity contribution in [1.29, 1.82) is 0 Å². The zero-order chi connectivity index (χ0) is 24.1. The molecule has 1 atom stereocenters. The quantitative estimate of drug-likeness (QED) is 0.673. The van der Waals surface area contributed by atoms with Crippen LogP contribution >= 0.6 is 0 Å². The number of hydrogen-bond acceptors (Lipinski definition) is 4. The van der Waals surface area contributed by atoms with E-state index < -0.39 is 0 Å². The summed E-state index contributed by atoms with van der Waals surface area (Å²) in [7, 11) is 0. The third-order valence-corrected chi connectivity index (χ3v) is 6.73. The number of fused-ring (bicyclic) bond motifs is 1. The predicted molar refractivity (Wildman–Crippen MR) is 130 cm³/mol. The van der Waals surface area contributed by atoms with Gasteiger partial charge in [-0.2, -0.15) is 0 Å². The third kappa shape index (κ3) is 5.24. The van der Waals surface area contributed by atoms with E-state index in [1.807, 2.05) is 42.2 Å². The topological polar surface area (TPSA) is 79.0 Å². The van der Waals surface area contributed by atoms with Gasteiger partial charge in [-0.1, -0.05) is 42.5 Å². The largest absolute Gasteiger partial charge is 0.450 e. The first-order chi connectivity index (χ1) is 16.5. The number of amides is 3. The highest BCUT2D eigenvalue weighted by Crippen LogP contribution is 2.31. The number of carbonyl (C=O) groups excluding carboxylic acids is 3. The zero-order valence-electron chi connectivity index (χ0n) is 20.0. The highest BCUT2D eigenvalue weighted by atomic mass is 16.6. The Kier molecular flexibility index (Phi) is 7.50. The van der Waals surface area contributed by atoms with Crippen LogP contribution in [-0.4, -0.2) is 59.5 Å². The van der Waals surface area contributed by atoms with Gasteiger partial charge in [0.15, 0.2) is 0 Å². The highest BCUT2D eigenvalue weighted by molar-refractivity contribution is 6.09. The van der Waals surface area contributed by atoms with Crippen LogP contribution in [0.15, 0.2) is 48.5 Å². The number of hydrogen-bond donors (Lipinski definition) is 1. The standard InChI is InChI=1S/C27H33N3O4/c1-3-34-27(33)29-16-14-22(15-17-29)30-18-21-10-7-11-23(24(21)26(30)32)25(31)28-19(2)12-13-20-8-5-4-6-9-20/h4-11,19,22H,3,12-18H2,1-2H3,(H,28,31)/t19-/m1/s1. The van der Waals surface area contributed by atoms with Gasteiger partial charge in [0.2, 0.25) is 0 Å². The van der Waals surface area contributed by atoms with Crippen LogP contribution < -0.4 is 5.32 Å². The highest BCUT2D eigenvalue weighted by Gasteiger charge is 2.37. The van der Waals surface area contributed by atoms with Crippen LogP contribution in [0.1, 0.15) is 65.0 Å². The molecule has 1 fully saturated rings. The molecule has 0 aliphatic carbocycles. The molecule has 2 aromatic rings. The number of carbonyl (C=O) groups is 3. The van der Waals surface area contributed by atoms with Crippen molar-refractivity contribution < 1.29 is 19.1 Å². The van der Waals surface area contributed by atoms with Crippen molar-refractivity contribution >= 4 is 17.9 Å². The van der Waals surface area contributed by atoms with Gasteiger partial charge in [0.1, 0.15) is 0 Å². The Bertz CT molecular complexity index is 1030. The molecule has 0 spiro atoms. The van der Waals surface area contributed by atoms with Gasteiger partial charge < -0.3 is 19.9 Å². The smallest absolute Gasteiger partial charge is 0.409 e. The van der Waals surface area contributed by atoms with Crippen molar-refractivity contribution in [3.63, 3.8) is 0 Å². The maximum Gasteiger partial charge on any atom is 0.409 e. The van der Waals surface area contributed by atoms with Crippen molar-refractivity contribution in [2.24, 2.45) is 0 Å². The molecule has 0 radical (unpaired) electrons. The number of likely N-dealkylation sites (tertiary alicyclic amines) is 1. The lowest BCUT2D eigenvalue weighted by atomic mass is 10.0. The molecule has 7 nitrogen and oxygen atoms in total. The first kappa shape index (κ1) is 23.8. The van der Waals surface area contributed by atoms with Gasteiger partial charge in [-0.25, -0.2) is 4.79 Å². The maximum absolute atomic E-state index is 13.4. The van der Waals surface area contributed by atoms with Crippen LogP contribution in [0.3, 0.4) is 0 Å². The van der Waals surface area contributed by atoms with E-state index in [1.54, 1.807) is 17.9 Å². The first-order valence-corrected chi connectivity index (χ1v) is 12.2. The molecular formula is C27H33N3O4. The minimum atomic E-state index is -0.294. The normalized spacial score (nSPS) is 16.8. The zero-order valence-corrected chi connectivity index (χ0v) is 20.0. The lowest BCUT2D eigenvalue weighted by molar-refractivity contribution is 0.0556. The fourth-order valence-electron chi connectivity index (χ4n) is 4.84. The molecule has 0 bridgehead atoms. The van der Waals surface area contributed by atoms with E-state index in [2.05, 4.69) is 17.4 Å². The maximum atomic E-state index is 13.4. The number of piperidine rings is 1. The molecule has 2 aliphatic rings. The molecule has 3 amide bonds. The van der Waals surface area contributed by atoms with Crippen LogP contribution in [0.5, 0.6) is 0 Å². The molecular weight excluding hydrogens is 430 g/mol. The Balaban J connectivity index is 1.37. The summed E-state index contributed by atoms with van der Waals surface area (Å²) < 4.78 is 5.09. The van der Waals surface area contributed by atoms with Gasteiger partial charge in [0.05, 0.1) is 17.7 Å². The Hall–Kier alpha value is -3.35. The fraction of sp³-hybridized carbons (Fsp3) is 0.444. The van der Waals surface area contributed by atoms with Gasteiger partial charge in [-0.3, -0.25) is 9.59 Å². The lowest BCUT2D eigenvalue weighted by Gasteiger charge is -2.36. The number of ether oxygens (including phenoxy) is 1. The van der Waals surface area contributed by atoms with Crippen molar-refractivity contribution in [3.05, 3.63) is 70.8 Å². The summed E-state index contributed by atoms with van der Waals surface area (Å²) in [6.45, 7) is 5.78. The van der Waals surface area contributed by atoms with Crippen LogP contribution in [0.2, 0.25) is 0 Å². The second kappa shape index (κ2) is 10.7. The summed E-state index contributed by atoms with van der Waals surface area (Å²) >= 11 is 0. The lowest BCUT2D eigenvalue weighted by Crippen LogP contribution is -2.47. The molecule has 7 heteroatoms. The van der Waals surface area contributed by atoms with Gasteiger partial charge in [0.25, 0.3) is 11.8 Å². The molecule has 34 heavy (non-hydrogen) atoms. The Labute approximate surface area is 201 Å². The molecule has 1 N–H and O–H groups in total. The molecule has 180 valence electrons. The second-order valence-electron chi connectivity index (χ2n) is 9.09. The SMILES string of the molecule is CCOC(=O)N1CCC(N2Cc3cccc(C(=O)N[C@H](C)CCc4ccccc4)c3C2=O)CC1. The van der Waals surface area contributed by atoms with E-state index >= 15 is 0 Å². The predicted octanol–water partition coefficient (Wildman–Crippen LogP) is 4.01. The van der Waals surface area contributed by atoms with Crippen LogP contribution in [-0.2, 0) is 17.7 Å². The third-order valence-electron chi connectivity index (χ3n) is 6.73. The minimum Gasteiger partial charge on any atom is -0.450 e. The van der Waals surface area contributed by atoms with Crippen molar-refractivity contribution in [1.82, 2.24) is 15.1 Å². The van der Waals surface area contributed by atoms with Crippen molar-refractivity contribution in [2.75, 3.05) is 19.7 Å². The Morgan fingerprint density at radius 2 is 1.82 bits per heavy atom. The van der Waals surface area contributed by atoms with E-state index in [9.17, 15) is 14.4 Å². The van der Waals surface area contributed by atoms with E-state index in [0.717, 1.165) is 18.4 Å². The minimum absolute atomic E-state index is 0.0108. The summed E-state index contributed by atoms with van der Waals surface area (Å²) in [4.78, 5) is 42.0. The van der Waals surface area contributed by atoms with Crippen molar-refractivity contribution in [2.45, 2.75) is 58.2 Å². The van der Waals surface area contributed by atoms with E-state index in [1.165, 1.54) is 5.56 Å². The van der Waals surface area contributed by atoms with Crippen molar-refractivity contribution in [3.8, 4) is 0 Å². The molecule has 0 saturated carbocycles. The summed E-state index contributed by atoms with van der Waals surface area (Å²) in [6.07, 6.45) is 2.82. The van der Waals surface area contributed by atoms with Gasteiger partial charge in [-0.15, -0.1) is 0 Å². The first-order valence-electron chi connectivity index (χ1n) is 12.2. The summed E-state index contributed by atoms with van der Waals surface area (Å²) in [5.74, 6) is -0.294. The van der Waals surface area contributed by atoms with Gasteiger partial charge in [-0.05, 0) is 56.7 Å². The van der Waals surface area contributed by atoms with E-state index in [0.29, 0.717) is 50.2 Å². The molecule has 1 saturated heterocycles. The average Bonchev–Trinajstić information content (AvgIpc) is 3.20. The summed E-state index contributed by atoms with van der Waals surface area (Å²) in [5, 5.41) is 3.07. The van der Waals surface area contributed by atoms with Crippen LogP contribution in [0.4, 0.5) is 4.79 Å². The molecule has 0 unspecified atom stereocenters. The number of benzene rings is 2. The monoisotopic (exact) mass is 463 g/mol. The van der Waals surface area contributed by atoms with E-state index in [4.69, 9.17) is 4.74 Å². The van der Waals surface area contributed by atoms with Crippen LogP contribution in [0.25, 0.3) is 0 Å². The summed E-state index contributed by atoms with van der Waals surface area (Å²) in [5.41, 5.74) is 3.09. The van der Waals surface area contributed by atoms with Crippen LogP contribution in [0, 0.1) is 0 Å².